The summed E-state index contributed by atoms with van der Waals surface area (Å²) in [7, 11) is -6.37. The normalized spacial score (nSPS) is 24.5. The van der Waals surface area contributed by atoms with Gasteiger partial charge in [-0.2, -0.15) is 0 Å². The maximum absolute atomic E-state index is 11.9. The molecule has 37 heavy (non-hydrogen) atoms. The van der Waals surface area contributed by atoms with Crippen LogP contribution in [0.15, 0.2) is 23.1 Å². The number of rotatable bonds is 8. The van der Waals surface area contributed by atoms with Crippen LogP contribution in [0.5, 0.6) is 0 Å². The van der Waals surface area contributed by atoms with Crippen molar-refractivity contribution >= 4 is 25.0 Å². The van der Waals surface area contributed by atoms with Crippen LogP contribution >= 0.6 is 0 Å². The molecule has 0 aromatic carbocycles. The van der Waals surface area contributed by atoms with Crippen molar-refractivity contribution in [3.63, 3.8) is 0 Å². The average molecular weight is 570 g/mol. The molecule has 9 heteroatoms. The third kappa shape index (κ3) is 7.55. The molecule has 1 saturated heterocycles. The first-order valence-electron chi connectivity index (χ1n) is 13.7. The van der Waals surface area contributed by atoms with Crippen LogP contribution in [0.4, 0.5) is 0 Å². The van der Waals surface area contributed by atoms with Crippen LogP contribution in [0, 0.1) is 0 Å². The highest BCUT2D eigenvalue weighted by Gasteiger charge is 2.54. The van der Waals surface area contributed by atoms with Crippen LogP contribution in [0.2, 0.25) is 54.4 Å². The van der Waals surface area contributed by atoms with Crippen LogP contribution in [0.25, 0.3) is 0 Å². The molecule has 2 heterocycles. The molecule has 0 unspecified atom stereocenters. The Bertz CT molecular complexity index is 949. The monoisotopic (exact) mass is 569 g/mol. The first-order valence-corrected chi connectivity index (χ1v) is 22.5. The molecular weight excluding hydrogens is 515 g/mol. The Hall–Kier alpha value is -0.559. The summed E-state index contributed by atoms with van der Waals surface area (Å²) < 4.78 is 27.8. The molecule has 214 valence electrons. The lowest BCUT2D eigenvalue weighted by atomic mass is 10.0. The van der Waals surface area contributed by atoms with Gasteiger partial charge in [0.15, 0.2) is 25.0 Å². The van der Waals surface area contributed by atoms with Gasteiger partial charge in [0.1, 0.15) is 24.4 Å². The van der Waals surface area contributed by atoms with E-state index in [2.05, 4.69) is 107 Å². The van der Waals surface area contributed by atoms with Gasteiger partial charge in [-0.3, -0.25) is 4.79 Å². The second kappa shape index (κ2) is 10.8. The quantitative estimate of drug-likeness (QED) is 0.326. The molecule has 1 aromatic rings. The molecule has 6 nitrogen and oxygen atoms in total. The van der Waals surface area contributed by atoms with E-state index in [9.17, 15) is 4.79 Å². The van der Waals surface area contributed by atoms with Crippen LogP contribution < -0.4 is 5.56 Å². The van der Waals surface area contributed by atoms with E-state index in [0.717, 1.165) is 5.56 Å². The average Bonchev–Trinajstić information content (AvgIpc) is 3.00. The summed E-state index contributed by atoms with van der Waals surface area (Å²) in [6.45, 7) is 34.5. The summed E-state index contributed by atoms with van der Waals surface area (Å²) in [5.74, 6) is 0. The molecule has 2 rings (SSSR count). The Morgan fingerprint density at radius 2 is 1.22 bits per heavy atom. The Morgan fingerprint density at radius 1 is 0.757 bits per heavy atom. The Kier molecular flexibility index (Phi) is 9.52. The lowest BCUT2D eigenvalue weighted by Crippen LogP contribution is -2.54. The number of ether oxygens (including phenoxy) is 1. The van der Waals surface area contributed by atoms with Crippen molar-refractivity contribution in [3.05, 3.63) is 34.2 Å². The number of nitrogens with one attached hydrogen (secondary N) is 1. The van der Waals surface area contributed by atoms with Crippen molar-refractivity contribution in [2.75, 3.05) is 6.61 Å². The highest BCUT2D eigenvalue weighted by Crippen LogP contribution is 2.47. The summed E-state index contributed by atoms with van der Waals surface area (Å²) in [4.78, 5) is 14.7. The smallest absolute Gasteiger partial charge is 0.247 e. The molecule has 1 N–H and O–H groups in total. The first kappa shape index (κ1) is 32.7. The molecule has 1 aliphatic rings. The molecule has 1 aliphatic heterocycles. The Balaban J connectivity index is 2.58. The molecule has 0 radical (unpaired) electrons. The predicted molar refractivity (Wildman–Crippen MR) is 162 cm³/mol. The summed E-state index contributed by atoms with van der Waals surface area (Å²) >= 11 is 0. The lowest BCUT2D eigenvalue weighted by Gasteiger charge is -2.44. The van der Waals surface area contributed by atoms with Crippen molar-refractivity contribution < 1.29 is 18.0 Å². The van der Waals surface area contributed by atoms with Crippen LogP contribution in [-0.2, 0) is 18.0 Å². The summed E-state index contributed by atoms with van der Waals surface area (Å²) in [5, 5.41) is 0.159. The Morgan fingerprint density at radius 3 is 1.62 bits per heavy atom. The zero-order valence-electron chi connectivity index (χ0n) is 26.3. The van der Waals surface area contributed by atoms with E-state index in [1.54, 1.807) is 12.3 Å². The minimum Gasteiger partial charge on any atom is -0.414 e. The number of pyridine rings is 1. The largest absolute Gasteiger partial charge is 0.414 e. The molecule has 0 amide bonds. The lowest BCUT2D eigenvalue weighted by molar-refractivity contribution is -0.0173. The van der Waals surface area contributed by atoms with Crippen molar-refractivity contribution in [3.8, 4) is 0 Å². The molecule has 1 fully saturated rings. The van der Waals surface area contributed by atoms with Crippen molar-refractivity contribution in [2.45, 2.75) is 141 Å². The van der Waals surface area contributed by atoms with Gasteiger partial charge >= 0.3 is 0 Å². The molecular formula is C28H55NO5Si3. The minimum atomic E-state index is -2.19. The number of aromatic nitrogens is 1. The van der Waals surface area contributed by atoms with Gasteiger partial charge in [0.05, 0.1) is 6.61 Å². The number of hydrogen-bond acceptors (Lipinski definition) is 5. The van der Waals surface area contributed by atoms with Gasteiger partial charge in [-0.05, 0) is 66.0 Å². The number of hydrogen-bond donors (Lipinski definition) is 1. The molecule has 0 saturated carbocycles. The summed E-state index contributed by atoms with van der Waals surface area (Å²) in [5.41, 5.74) is 0.775. The SMILES string of the molecule is CC(C)(C)[Si](C)(C)OC[C@H]1O[C@@H](c2ccc(=O)[nH]c2)[C@H](O[Si](C)(C)C(C)(C)C)[C@@H]1O[Si](C)(C)C(C)(C)C. The van der Waals surface area contributed by atoms with Gasteiger partial charge in [-0.25, -0.2) is 0 Å². The third-order valence-electron chi connectivity index (χ3n) is 9.34. The Labute approximate surface area is 229 Å². The minimum absolute atomic E-state index is 0.0276. The van der Waals surface area contributed by atoms with Crippen molar-refractivity contribution in [1.82, 2.24) is 4.98 Å². The highest BCUT2D eigenvalue weighted by molar-refractivity contribution is 6.75. The first-order chi connectivity index (χ1) is 16.4. The van der Waals surface area contributed by atoms with E-state index in [-0.39, 0.29) is 45.1 Å². The molecule has 4 atom stereocenters. The molecule has 0 bridgehead atoms. The zero-order chi connectivity index (χ0) is 28.8. The molecule has 0 aliphatic carbocycles. The van der Waals surface area contributed by atoms with Crippen LogP contribution in [0.3, 0.4) is 0 Å². The number of aromatic amines is 1. The fourth-order valence-electron chi connectivity index (χ4n) is 3.54. The second-order valence-electron chi connectivity index (χ2n) is 15.3. The van der Waals surface area contributed by atoms with Gasteiger partial charge in [-0.15, -0.1) is 0 Å². The van der Waals surface area contributed by atoms with Crippen molar-refractivity contribution in [1.29, 1.82) is 0 Å². The maximum Gasteiger partial charge on any atom is 0.247 e. The van der Waals surface area contributed by atoms with E-state index in [1.165, 1.54) is 0 Å². The van der Waals surface area contributed by atoms with Gasteiger partial charge in [0.25, 0.3) is 0 Å². The topological polar surface area (TPSA) is 69.8 Å². The van der Waals surface area contributed by atoms with E-state index in [4.69, 9.17) is 18.0 Å². The van der Waals surface area contributed by atoms with Gasteiger partial charge in [0.2, 0.25) is 5.56 Å². The van der Waals surface area contributed by atoms with E-state index >= 15 is 0 Å². The fourth-order valence-corrected chi connectivity index (χ4v) is 7.17. The predicted octanol–water partition coefficient (Wildman–Crippen LogP) is 7.62. The summed E-state index contributed by atoms with van der Waals surface area (Å²) in [6, 6.07) is 3.41. The van der Waals surface area contributed by atoms with Gasteiger partial charge in [0, 0.05) is 12.3 Å². The van der Waals surface area contributed by atoms with Gasteiger partial charge < -0.3 is 23.0 Å². The molecule has 0 spiro atoms. The fraction of sp³-hybridized carbons (Fsp3) is 0.821. The van der Waals surface area contributed by atoms with Crippen LogP contribution in [0.1, 0.15) is 74.0 Å². The summed E-state index contributed by atoms with van der Waals surface area (Å²) in [6.07, 6.45) is 0.574. The van der Waals surface area contributed by atoms with E-state index in [0.29, 0.717) is 6.61 Å². The molecule has 1 aromatic heterocycles. The van der Waals surface area contributed by atoms with Gasteiger partial charge in [-0.1, -0.05) is 62.3 Å². The second-order valence-corrected chi connectivity index (χ2v) is 29.7. The highest BCUT2D eigenvalue weighted by atomic mass is 28.4. The van der Waals surface area contributed by atoms with E-state index in [1.807, 2.05) is 6.07 Å². The number of H-pyrrole nitrogens is 1. The van der Waals surface area contributed by atoms with E-state index < -0.39 is 25.0 Å². The maximum atomic E-state index is 11.9. The standard InChI is InChI=1S/C28H55NO5Si3/c1-26(2,3)35(10,11)31-19-21-24(33-36(12,13)27(4,5)6)25(34-37(14,15)28(7,8)9)23(32-21)20-16-17-22(30)29-18-20/h16-18,21,23-25H,19H2,1-15H3,(H,29,30)/t21-,23+,24-,25+/m1/s1. The zero-order valence-corrected chi connectivity index (χ0v) is 29.3. The van der Waals surface area contributed by atoms with Crippen LogP contribution in [-0.4, -0.2) is 54.9 Å². The third-order valence-corrected chi connectivity index (χ3v) is 22.8. The van der Waals surface area contributed by atoms with Crippen molar-refractivity contribution in [2.24, 2.45) is 0 Å².